The molecule has 0 saturated heterocycles. The molecule has 0 saturated carbocycles. The molecule has 2 aromatic heterocycles. The Kier molecular flexibility index (Phi) is 5.32. The predicted molar refractivity (Wildman–Crippen MR) is 106 cm³/mol. The van der Waals surface area contributed by atoms with Gasteiger partial charge in [0.15, 0.2) is 6.61 Å². The molecule has 142 valence electrons. The molecule has 1 N–H and O–H groups in total. The average molecular weight is 385 g/mol. The van der Waals surface area contributed by atoms with Crippen LogP contribution >= 0.6 is 11.3 Å². The molecule has 0 radical (unpaired) electrons. The zero-order chi connectivity index (χ0) is 19.6. The molecule has 6 nitrogen and oxygen atoms in total. The van der Waals surface area contributed by atoms with E-state index in [0.717, 1.165) is 21.5 Å². The third-order valence-corrected chi connectivity index (χ3v) is 4.96. The molecular weight excluding hydrogens is 362 g/mol. The van der Waals surface area contributed by atoms with Crippen molar-refractivity contribution in [1.82, 2.24) is 15.1 Å². The van der Waals surface area contributed by atoms with Gasteiger partial charge in [-0.05, 0) is 39.3 Å². The summed E-state index contributed by atoms with van der Waals surface area (Å²) in [6.07, 6.45) is 0. The molecule has 27 heavy (non-hydrogen) atoms. The van der Waals surface area contributed by atoms with Gasteiger partial charge in [-0.15, -0.1) is 11.3 Å². The molecule has 7 heteroatoms. The zero-order valence-electron chi connectivity index (χ0n) is 15.9. The number of amides is 1. The monoisotopic (exact) mass is 385 g/mol. The molecule has 0 unspecified atom stereocenters. The Morgan fingerprint density at radius 1 is 1.22 bits per heavy atom. The minimum absolute atomic E-state index is 0.292. The highest BCUT2D eigenvalue weighted by Gasteiger charge is 2.19. The summed E-state index contributed by atoms with van der Waals surface area (Å²) in [4.78, 5) is 25.6. The van der Waals surface area contributed by atoms with Gasteiger partial charge in [0, 0.05) is 10.9 Å². The first-order valence-electron chi connectivity index (χ1n) is 8.72. The van der Waals surface area contributed by atoms with Crippen LogP contribution in [0.4, 0.5) is 0 Å². The number of benzene rings is 1. The minimum Gasteiger partial charge on any atom is -0.451 e. The second-order valence-corrected chi connectivity index (χ2v) is 8.46. The van der Waals surface area contributed by atoms with Crippen LogP contribution in [-0.2, 0) is 16.1 Å². The van der Waals surface area contributed by atoms with E-state index in [9.17, 15) is 9.59 Å². The molecular formula is C20H23N3O3S. The Morgan fingerprint density at radius 3 is 2.59 bits per heavy atom. The lowest BCUT2D eigenvalue weighted by atomic mass is 10.1. The van der Waals surface area contributed by atoms with Crippen molar-refractivity contribution < 1.29 is 14.3 Å². The van der Waals surface area contributed by atoms with Crippen molar-refractivity contribution in [3.63, 3.8) is 0 Å². The van der Waals surface area contributed by atoms with Crippen LogP contribution in [0.15, 0.2) is 36.4 Å². The van der Waals surface area contributed by atoms with E-state index in [1.165, 1.54) is 11.3 Å². The van der Waals surface area contributed by atoms with Crippen LogP contribution < -0.4 is 5.32 Å². The van der Waals surface area contributed by atoms with Gasteiger partial charge in [-0.2, -0.15) is 5.10 Å². The fraction of sp³-hybridized carbons (Fsp3) is 0.350. The highest BCUT2D eigenvalue weighted by molar-refractivity contribution is 7.20. The van der Waals surface area contributed by atoms with Gasteiger partial charge in [-0.3, -0.25) is 9.48 Å². The second-order valence-electron chi connectivity index (χ2n) is 7.43. The van der Waals surface area contributed by atoms with E-state index in [1.807, 2.05) is 62.7 Å². The van der Waals surface area contributed by atoms with E-state index in [4.69, 9.17) is 4.74 Å². The quantitative estimate of drug-likeness (QED) is 0.682. The summed E-state index contributed by atoms with van der Waals surface area (Å²) in [5.41, 5.74) is 1.64. The van der Waals surface area contributed by atoms with Crippen LogP contribution in [0.3, 0.4) is 0 Å². The molecule has 0 aliphatic heterocycles. The van der Waals surface area contributed by atoms with Crippen molar-refractivity contribution in [2.45, 2.75) is 39.8 Å². The van der Waals surface area contributed by atoms with Crippen LogP contribution in [0.5, 0.6) is 0 Å². The van der Waals surface area contributed by atoms with Gasteiger partial charge in [0.25, 0.3) is 5.91 Å². The molecule has 0 spiro atoms. The minimum atomic E-state index is -0.495. The first-order chi connectivity index (χ1) is 12.7. The number of hydrogen-bond donors (Lipinski definition) is 1. The molecule has 0 aliphatic carbocycles. The molecule has 1 aromatic carbocycles. The van der Waals surface area contributed by atoms with Gasteiger partial charge in [-0.1, -0.05) is 30.3 Å². The summed E-state index contributed by atoms with van der Waals surface area (Å²) in [5.74, 6) is -0.811. The first kappa shape index (κ1) is 19.1. The average Bonchev–Trinajstić information content (AvgIpc) is 3.14. The maximum absolute atomic E-state index is 12.3. The predicted octanol–water partition coefficient (Wildman–Crippen LogP) is 3.53. The van der Waals surface area contributed by atoms with Crippen LogP contribution in [0.1, 0.15) is 41.7 Å². The van der Waals surface area contributed by atoms with E-state index in [2.05, 4.69) is 10.4 Å². The van der Waals surface area contributed by atoms with Crippen molar-refractivity contribution in [1.29, 1.82) is 0 Å². The van der Waals surface area contributed by atoms with Crippen molar-refractivity contribution in [3.8, 4) is 0 Å². The third kappa shape index (κ3) is 4.74. The van der Waals surface area contributed by atoms with E-state index >= 15 is 0 Å². The number of ether oxygens (including phenoxy) is 1. The standard InChI is InChI=1S/C20H23N3O3S/c1-13-15-10-16(19(25)26-12-17(24)21-20(2,3)4)27-18(15)23(22-13)11-14-8-6-5-7-9-14/h5-10H,11-12H2,1-4H3,(H,21,24). The Bertz CT molecular complexity index is 968. The number of fused-ring (bicyclic) bond motifs is 1. The summed E-state index contributed by atoms with van der Waals surface area (Å²) in [6, 6.07) is 11.8. The van der Waals surface area contributed by atoms with Gasteiger partial charge in [0.1, 0.15) is 9.71 Å². The zero-order valence-corrected chi connectivity index (χ0v) is 16.7. The number of hydrogen-bond acceptors (Lipinski definition) is 5. The van der Waals surface area contributed by atoms with E-state index in [-0.39, 0.29) is 18.1 Å². The molecule has 3 aromatic rings. The van der Waals surface area contributed by atoms with Crippen molar-refractivity contribution >= 4 is 33.4 Å². The smallest absolute Gasteiger partial charge is 0.348 e. The fourth-order valence-electron chi connectivity index (χ4n) is 2.73. The Morgan fingerprint density at radius 2 is 1.93 bits per heavy atom. The molecule has 0 fully saturated rings. The van der Waals surface area contributed by atoms with E-state index in [0.29, 0.717) is 11.4 Å². The third-order valence-electron chi connectivity index (χ3n) is 3.83. The summed E-state index contributed by atoms with van der Waals surface area (Å²) in [7, 11) is 0. The summed E-state index contributed by atoms with van der Waals surface area (Å²) >= 11 is 1.33. The van der Waals surface area contributed by atoms with Crippen molar-refractivity contribution in [2.75, 3.05) is 6.61 Å². The number of carbonyl (C=O) groups excluding carboxylic acids is 2. The molecule has 0 atom stereocenters. The van der Waals surface area contributed by atoms with Gasteiger partial charge < -0.3 is 10.1 Å². The number of nitrogens with one attached hydrogen (secondary N) is 1. The van der Waals surface area contributed by atoms with E-state index in [1.54, 1.807) is 6.07 Å². The Labute approximate surface area is 162 Å². The normalized spacial score (nSPS) is 11.6. The Hall–Kier alpha value is -2.67. The lowest BCUT2D eigenvalue weighted by Crippen LogP contribution is -2.42. The molecule has 2 heterocycles. The van der Waals surface area contributed by atoms with Gasteiger partial charge in [0.05, 0.1) is 12.2 Å². The molecule has 0 aliphatic rings. The topological polar surface area (TPSA) is 73.2 Å². The van der Waals surface area contributed by atoms with Crippen molar-refractivity contribution in [2.24, 2.45) is 0 Å². The van der Waals surface area contributed by atoms with Gasteiger partial charge in [0.2, 0.25) is 0 Å². The number of carbonyl (C=O) groups is 2. The molecule has 0 bridgehead atoms. The largest absolute Gasteiger partial charge is 0.451 e. The number of nitrogens with zero attached hydrogens (tertiary/aromatic N) is 2. The number of rotatable bonds is 5. The second kappa shape index (κ2) is 7.52. The summed E-state index contributed by atoms with van der Waals surface area (Å²) < 4.78 is 7.06. The van der Waals surface area contributed by atoms with Crippen LogP contribution in [0.25, 0.3) is 10.2 Å². The van der Waals surface area contributed by atoms with Crippen LogP contribution in [-0.4, -0.2) is 33.8 Å². The lowest BCUT2D eigenvalue weighted by molar-refractivity contribution is -0.125. The van der Waals surface area contributed by atoms with Gasteiger partial charge in [-0.25, -0.2) is 4.79 Å². The molecule has 1 amide bonds. The first-order valence-corrected chi connectivity index (χ1v) is 9.53. The maximum Gasteiger partial charge on any atom is 0.348 e. The number of thiophene rings is 1. The number of esters is 1. The number of aryl methyl sites for hydroxylation is 1. The lowest BCUT2D eigenvalue weighted by Gasteiger charge is -2.20. The number of aromatic nitrogens is 2. The summed E-state index contributed by atoms with van der Waals surface area (Å²) in [6.45, 7) is 7.88. The SMILES string of the molecule is Cc1nn(Cc2ccccc2)c2sc(C(=O)OCC(=O)NC(C)(C)C)cc12. The van der Waals surface area contributed by atoms with Crippen LogP contribution in [0, 0.1) is 6.92 Å². The maximum atomic E-state index is 12.3. The highest BCUT2D eigenvalue weighted by Crippen LogP contribution is 2.29. The highest BCUT2D eigenvalue weighted by atomic mass is 32.1. The fourth-order valence-corrected chi connectivity index (χ4v) is 3.79. The van der Waals surface area contributed by atoms with E-state index < -0.39 is 5.97 Å². The van der Waals surface area contributed by atoms with Crippen LogP contribution in [0.2, 0.25) is 0 Å². The molecule has 3 rings (SSSR count). The van der Waals surface area contributed by atoms with Gasteiger partial charge >= 0.3 is 5.97 Å². The van der Waals surface area contributed by atoms with Crippen molar-refractivity contribution in [3.05, 3.63) is 52.5 Å². The Balaban J connectivity index is 1.73. The summed E-state index contributed by atoms with van der Waals surface area (Å²) in [5, 5.41) is 8.27.